The van der Waals surface area contributed by atoms with Crippen molar-refractivity contribution in [2.24, 2.45) is 0 Å². The monoisotopic (exact) mass is 280 g/mol. The van der Waals surface area contributed by atoms with Crippen molar-refractivity contribution >= 4 is 11.5 Å². The first-order valence-electron chi connectivity index (χ1n) is 6.40. The number of aryl methyl sites for hydroxylation is 1. The second-order valence-corrected chi connectivity index (χ2v) is 4.44. The van der Waals surface area contributed by atoms with Crippen LogP contribution in [0, 0.1) is 0 Å². The molecule has 0 bridgehead atoms. The quantitative estimate of drug-likeness (QED) is 0.870. The molecular formula is C15H15F3N2. The summed E-state index contributed by atoms with van der Waals surface area (Å²) >= 11 is 0. The van der Waals surface area contributed by atoms with Crippen molar-refractivity contribution in [3.63, 3.8) is 0 Å². The van der Waals surface area contributed by atoms with Crippen LogP contribution in [0.5, 0.6) is 0 Å². The highest BCUT2D eigenvalue weighted by Gasteiger charge is 2.33. The molecule has 1 N–H and O–H groups in total. The zero-order chi connectivity index (χ0) is 14.6. The van der Waals surface area contributed by atoms with Gasteiger partial charge in [-0.05, 0) is 30.2 Å². The van der Waals surface area contributed by atoms with Gasteiger partial charge in [0.15, 0.2) is 0 Å². The molecule has 0 unspecified atom stereocenters. The minimum atomic E-state index is -4.43. The molecule has 2 rings (SSSR count). The van der Waals surface area contributed by atoms with Gasteiger partial charge in [0.25, 0.3) is 0 Å². The summed E-state index contributed by atoms with van der Waals surface area (Å²) in [7, 11) is 0. The van der Waals surface area contributed by atoms with E-state index in [1.807, 2.05) is 25.1 Å². The van der Waals surface area contributed by atoms with Crippen LogP contribution in [0.4, 0.5) is 24.7 Å². The topological polar surface area (TPSA) is 24.9 Å². The third kappa shape index (κ3) is 3.50. The Bertz CT molecular complexity index is 565. The summed E-state index contributed by atoms with van der Waals surface area (Å²) in [5.41, 5.74) is 0.622. The lowest BCUT2D eigenvalue weighted by atomic mass is 10.1. The van der Waals surface area contributed by atoms with E-state index in [0.29, 0.717) is 6.42 Å². The number of hydrogen-bond donors (Lipinski definition) is 1. The van der Waals surface area contributed by atoms with Gasteiger partial charge in [0, 0.05) is 5.69 Å². The van der Waals surface area contributed by atoms with E-state index in [1.165, 1.54) is 6.07 Å². The fourth-order valence-corrected chi connectivity index (χ4v) is 1.88. The Morgan fingerprint density at radius 1 is 1.05 bits per heavy atom. The Balaban J connectivity index is 2.37. The fourth-order valence-electron chi connectivity index (χ4n) is 1.88. The van der Waals surface area contributed by atoms with Crippen molar-refractivity contribution in [1.29, 1.82) is 0 Å². The Kier molecular flexibility index (Phi) is 4.27. The zero-order valence-electron chi connectivity index (χ0n) is 11.0. The summed E-state index contributed by atoms with van der Waals surface area (Å²) in [6, 6.07) is 11.6. The van der Waals surface area contributed by atoms with Crippen LogP contribution >= 0.6 is 0 Å². The second kappa shape index (κ2) is 5.94. The fraction of sp³-hybridized carbons (Fsp3) is 0.267. The van der Waals surface area contributed by atoms with Gasteiger partial charge in [-0.2, -0.15) is 13.2 Å². The molecule has 0 saturated carbocycles. The normalized spacial score (nSPS) is 11.4. The van der Waals surface area contributed by atoms with Gasteiger partial charge in [-0.1, -0.05) is 37.6 Å². The number of benzene rings is 1. The first-order valence-corrected chi connectivity index (χ1v) is 6.40. The molecule has 0 aliphatic rings. The number of alkyl halides is 3. The van der Waals surface area contributed by atoms with Crippen LogP contribution in [0.1, 0.15) is 24.6 Å². The molecule has 1 aromatic heterocycles. The third-order valence-corrected chi connectivity index (χ3v) is 2.83. The summed E-state index contributed by atoms with van der Waals surface area (Å²) in [4.78, 5) is 3.72. The minimum Gasteiger partial charge on any atom is -0.340 e. The molecule has 0 amide bonds. The molecule has 0 atom stereocenters. The highest BCUT2D eigenvalue weighted by atomic mass is 19.4. The lowest BCUT2D eigenvalue weighted by Gasteiger charge is -2.13. The maximum atomic E-state index is 12.7. The van der Waals surface area contributed by atoms with Gasteiger partial charge in [-0.15, -0.1) is 0 Å². The summed E-state index contributed by atoms with van der Waals surface area (Å²) in [5, 5.41) is 2.96. The van der Waals surface area contributed by atoms with Crippen molar-refractivity contribution in [1.82, 2.24) is 4.98 Å². The summed E-state index contributed by atoms with van der Waals surface area (Å²) in [6.45, 7) is 1.98. The number of nitrogens with zero attached hydrogens (tertiary/aromatic N) is 1. The largest absolute Gasteiger partial charge is 0.433 e. The lowest BCUT2D eigenvalue weighted by molar-refractivity contribution is -0.141. The van der Waals surface area contributed by atoms with E-state index in [-0.39, 0.29) is 5.82 Å². The van der Waals surface area contributed by atoms with Crippen molar-refractivity contribution in [3.8, 4) is 0 Å². The molecule has 0 spiro atoms. The van der Waals surface area contributed by atoms with Gasteiger partial charge in [-0.3, -0.25) is 0 Å². The first kappa shape index (κ1) is 14.4. The lowest BCUT2D eigenvalue weighted by Crippen LogP contribution is -2.10. The summed E-state index contributed by atoms with van der Waals surface area (Å²) in [5.74, 6) is 0.271. The van der Waals surface area contributed by atoms with E-state index in [4.69, 9.17) is 0 Å². The molecule has 0 aliphatic carbocycles. The Labute approximate surface area is 115 Å². The van der Waals surface area contributed by atoms with Crippen LogP contribution in [-0.4, -0.2) is 4.98 Å². The molecule has 0 aliphatic heterocycles. The Morgan fingerprint density at radius 3 is 2.35 bits per heavy atom. The van der Waals surface area contributed by atoms with E-state index in [9.17, 15) is 13.2 Å². The van der Waals surface area contributed by atoms with E-state index >= 15 is 0 Å². The van der Waals surface area contributed by atoms with Crippen LogP contribution in [0.25, 0.3) is 0 Å². The first-order chi connectivity index (χ1) is 9.50. The average Bonchev–Trinajstić information content (AvgIpc) is 2.41. The van der Waals surface area contributed by atoms with Gasteiger partial charge in [0.05, 0.1) is 0 Å². The third-order valence-electron chi connectivity index (χ3n) is 2.83. The Morgan fingerprint density at radius 2 is 1.75 bits per heavy atom. The maximum absolute atomic E-state index is 12.7. The van der Waals surface area contributed by atoms with Crippen molar-refractivity contribution in [2.45, 2.75) is 25.9 Å². The molecule has 0 saturated heterocycles. The van der Waals surface area contributed by atoms with Crippen LogP contribution in [-0.2, 0) is 12.6 Å². The molecule has 2 aromatic rings. The van der Waals surface area contributed by atoms with Crippen LogP contribution < -0.4 is 5.32 Å². The van der Waals surface area contributed by atoms with Crippen molar-refractivity contribution in [2.75, 3.05) is 5.32 Å². The van der Waals surface area contributed by atoms with Gasteiger partial charge >= 0.3 is 6.18 Å². The smallest absolute Gasteiger partial charge is 0.340 e. The van der Waals surface area contributed by atoms with E-state index < -0.39 is 11.9 Å². The molecule has 5 heteroatoms. The van der Waals surface area contributed by atoms with Gasteiger partial charge in [-0.25, -0.2) is 4.98 Å². The molecule has 106 valence electrons. The van der Waals surface area contributed by atoms with Crippen molar-refractivity contribution in [3.05, 3.63) is 53.7 Å². The van der Waals surface area contributed by atoms with Gasteiger partial charge in [0.1, 0.15) is 11.5 Å². The maximum Gasteiger partial charge on any atom is 0.433 e. The number of hydrogen-bond acceptors (Lipinski definition) is 2. The van der Waals surface area contributed by atoms with Crippen LogP contribution in [0.2, 0.25) is 0 Å². The number of pyridine rings is 1. The molecule has 1 heterocycles. The van der Waals surface area contributed by atoms with Crippen LogP contribution in [0.15, 0.2) is 42.5 Å². The molecule has 0 fully saturated rings. The number of aromatic nitrogens is 1. The SMILES string of the molecule is CCCc1ccc(C(F)(F)F)nc1Nc1ccccc1. The van der Waals surface area contributed by atoms with E-state index in [2.05, 4.69) is 10.3 Å². The number of anilines is 2. The summed E-state index contributed by atoms with van der Waals surface area (Å²) in [6.07, 6.45) is -2.91. The highest BCUT2D eigenvalue weighted by molar-refractivity contribution is 5.59. The molecule has 0 radical (unpaired) electrons. The number of rotatable bonds is 4. The standard InChI is InChI=1S/C15H15F3N2/c1-2-6-11-9-10-13(15(16,17)18)20-14(11)19-12-7-4-3-5-8-12/h3-5,7-10H,2,6H2,1H3,(H,19,20). The number of halogens is 3. The van der Waals surface area contributed by atoms with Crippen molar-refractivity contribution < 1.29 is 13.2 Å². The highest BCUT2D eigenvalue weighted by Crippen LogP contribution is 2.30. The molecule has 20 heavy (non-hydrogen) atoms. The zero-order valence-corrected chi connectivity index (χ0v) is 11.0. The second-order valence-electron chi connectivity index (χ2n) is 4.44. The van der Waals surface area contributed by atoms with E-state index in [1.54, 1.807) is 12.1 Å². The Hall–Kier alpha value is -2.04. The molecule has 1 aromatic carbocycles. The molecule has 2 nitrogen and oxygen atoms in total. The van der Waals surface area contributed by atoms with E-state index in [0.717, 1.165) is 23.7 Å². The predicted octanol–water partition coefficient (Wildman–Crippen LogP) is 4.80. The van der Waals surface area contributed by atoms with Gasteiger partial charge < -0.3 is 5.32 Å². The number of para-hydroxylation sites is 1. The minimum absolute atomic E-state index is 0.271. The average molecular weight is 280 g/mol. The summed E-state index contributed by atoms with van der Waals surface area (Å²) < 4.78 is 38.2. The predicted molar refractivity (Wildman–Crippen MR) is 73.0 cm³/mol. The van der Waals surface area contributed by atoms with Gasteiger partial charge in [0.2, 0.25) is 0 Å². The number of nitrogens with one attached hydrogen (secondary N) is 1. The van der Waals surface area contributed by atoms with Crippen LogP contribution in [0.3, 0.4) is 0 Å². The molecular weight excluding hydrogens is 265 g/mol.